The summed E-state index contributed by atoms with van der Waals surface area (Å²) in [7, 11) is 3.39. The van der Waals surface area contributed by atoms with E-state index in [1.165, 1.54) is 11.0 Å². The zero-order valence-electron chi connectivity index (χ0n) is 13.3. The fraction of sp³-hybridized carbons (Fsp3) is 0.176. The lowest BCUT2D eigenvalue weighted by molar-refractivity contribution is 0.0779. The minimum atomic E-state index is -0.444. The maximum atomic E-state index is 13.8. The average molecular weight is 325 g/mol. The van der Waals surface area contributed by atoms with Gasteiger partial charge in [0.2, 0.25) is 5.95 Å². The highest BCUT2D eigenvalue weighted by Gasteiger charge is 2.15. The largest absolute Gasteiger partial charge is 0.357 e. The molecule has 0 aliphatic carbocycles. The van der Waals surface area contributed by atoms with Gasteiger partial charge in [0.25, 0.3) is 5.91 Å². The SMILES string of the molecule is CNc1ncc(CN(C)C(=O)c2ccc3cccc(F)c3n2)cn1. The fourth-order valence-electron chi connectivity index (χ4n) is 2.34. The number of hydrogen-bond acceptors (Lipinski definition) is 5. The molecule has 1 amide bonds. The van der Waals surface area contributed by atoms with E-state index in [-0.39, 0.29) is 17.1 Å². The Morgan fingerprint density at radius 3 is 2.67 bits per heavy atom. The number of rotatable bonds is 4. The second-order valence-corrected chi connectivity index (χ2v) is 5.33. The molecule has 2 aromatic heterocycles. The van der Waals surface area contributed by atoms with Crippen LogP contribution >= 0.6 is 0 Å². The molecule has 3 aromatic rings. The molecule has 0 saturated carbocycles. The van der Waals surface area contributed by atoms with E-state index >= 15 is 0 Å². The van der Waals surface area contributed by atoms with E-state index in [0.29, 0.717) is 17.9 Å². The number of amides is 1. The van der Waals surface area contributed by atoms with Crippen LogP contribution in [0.3, 0.4) is 0 Å². The number of anilines is 1. The zero-order chi connectivity index (χ0) is 17.1. The van der Waals surface area contributed by atoms with Crippen LogP contribution in [0, 0.1) is 5.82 Å². The molecular formula is C17H16FN5O. The van der Waals surface area contributed by atoms with E-state index in [2.05, 4.69) is 20.3 Å². The second-order valence-electron chi connectivity index (χ2n) is 5.33. The number of hydrogen-bond donors (Lipinski definition) is 1. The van der Waals surface area contributed by atoms with Crippen LogP contribution in [0.15, 0.2) is 42.7 Å². The van der Waals surface area contributed by atoms with Crippen molar-refractivity contribution >= 4 is 22.8 Å². The molecule has 0 fully saturated rings. The van der Waals surface area contributed by atoms with Crippen molar-refractivity contribution in [3.63, 3.8) is 0 Å². The van der Waals surface area contributed by atoms with Gasteiger partial charge in [0.15, 0.2) is 0 Å². The summed E-state index contributed by atoms with van der Waals surface area (Å²) < 4.78 is 13.8. The first-order valence-electron chi connectivity index (χ1n) is 7.38. The number of carbonyl (C=O) groups excluding carboxylic acids is 1. The summed E-state index contributed by atoms with van der Waals surface area (Å²) in [6.07, 6.45) is 3.30. The summed E-state index contributed by atoms with van der Waals surface area (Å²) in [4.78, 5) is 26.4. The minimum Gasteiger partial charge on any atom is -0.357 e. The van der Waals surface area contributed by atoms with Crippen molar-refractivity contribution in [2.45, 2.75) is 6.54 Å². The number of fused-ring (bicyclic) bond motifs is 1. The van der Waals surface area contributed by atoms with Gasteiger partial charge in [-0.3, -0.25) is 4.79 Å². The highest BCUT2D eigenvalue weighted by molar-refractivity contribution is 5.94. The maximum Gasteiger partial charge on any atom is 0.272 e. The van der Waals surface area contributed by atoms with Gasteiger partial charge in [-0.1, -0.05) is 18.2 Å². The van der Waals surface area contributed by atoms with Gasteiger partial charge >= 0.3 is 0 Å². The molecule has 122 valence electrons. The van der Waals surface area contributed by atoms with Crippen LogP contribution in [0.1, 0.15) is 16.1 Å². The van der Waals surface area contributed by atoms with Crippen molar-refractivity contribution in [2.75, 3.05) is 19.4 Å². The van der Waals surface area contributed by atoms with Crippen LogP contribution < -0.4 is 5.32 Å². The van der Waals surface area contributed by atoms with Gasteiger partial charge in [-0.15, -0.1) is 0 Å². The van der Waals surface area contributed by atoms with Crippen LogP contribution in [0.5, 0.6) is 0 Å². The topological polar surface area (TPSA) is 71.0 Å². The van der Waals surface area contributed by atoms with Gasteiger partial charge < -0.3 is 10.2 Å². The van der Waals surface area contributed by atoms with E-state index in [4.69, 9.17) is 0 Å². The molecule has 0 unspecified atom stereocenters. The standard InChI is InChI=1S/C17H16FN5O/c1-19-17-20-8-11(9-21-17)10-23(2)16(24)14-7-6-12-4-3-5-13(18)15(12)22-14/h3-9H,10H2,1-2H3,(H,19,20,21). The molecule has 0 aliphatic rings. The van der Waals surface area contributed by atoms with E-state index in [0.717, 1.165) is 5.56 Å². The van der Waals surface area contributed by atoms with Crippen LogP contribution in [0.25, 0.3) is 10.9 Å². The Labute approximate surface area is 138 Å². The zero-order valence-corrected chi connectivity index (χ0v) is 13.3. The van der Waals surface area contributed by atoms with Crippen molar-refractivity contribution in [1.29, 1.82) is 0 Å². The number of nitrogens with zero attached hydrogens (tertiary/aromatic N) is 4. The first-order chi connectivity index (χ1) is 11.6. The summed E-state index contributed by atoms with van der Waals surface area (Å²) in [5, 5.41) is 3.49. The molecule has 0 atom stereocenters. The Hall–Kier alpha value is -3.09. The Balaban J connectivity index is 1.81. The quantitative estimate of drug-likeness (QED) is 0.798. The smallest absolute Gasteiger partial charge is 0.272 e. The number of aromatic nitrogens is 3. The van der Waals surface area contributed by atoms with Gasteiger partial charge in [0.05, 0.1) is 0 Å². The Morgan fingerprint density at radius 1 is 1.21 bits per heavy atom. The van der Waals surface area contributed by atoms with Crippen LogP contribution in [-0.2, 0) is 6.54 Å². The van der Waals surface area contributed by atoms with Gasteiger partial charge in [-0.2, -0.15) is 0 Å². The molecule has 3 rings (SSSR count). The summed E-state index contributed by atoms with van der Waals surface area (Å²) in [6, 6.07) is 7.98. The van der Waals surface area contributed by atoms with E-state index in [9.17, 15) is 9.18 Å². The monoisotopic (exact) mass is 325 g/mol. The second kappa shape index (κ2) is 6.57. The molecule has 2 heterocycles. The Bertz CT molecular complexity index is 882. The molecule has 1 aromatic carbocycles. The lowest BCUT2D eigenvalue weighted by atomic mass is 10.2. The van der Waals surface area contributed by atoms with Crippen molar-refractivity contribution in [3.8, 4) is 0 Å². The number of halogens is 1. The van der Waals surface area contributed by atoms with E-state index in [1.807, 2.05) is 0 Å². The Morgan fingerprint density at radius 2 is 1.96 bits per heavy atom. The molecule has 6 nitrogen and oxygen atoms in total. The van der Waals surface area contributed by atoms with Gasteiger partial charge in [-0.25, -0.2) is 19.3 Å². The van der Waals surface area contributed by atoms with Crippen molar-refractivity contribution < 1.29 is 9.18 Å². The van der Waals surface area contributed by atoms with Gasteiger partial charge in [-0.05, 0) is 12.1 Å². The molecule has 0 bridgehead atoms. The van der Waals surface area contributed by atoms with Gasteiger partial charge in [0, 0.05) is 44.0 Å². The molecule has 0 radical (unpaired) electrons. The van der Waals surface area contributed by atoms with Crippen LogP contribution in [0.4, 0.5) is 10.3 Å². The van der Waals surface area contributed by atoms with Gasteiger partial charge in [0.1, 0.15) is 17.0 Å². The van der Waals surface area contributed by atoms with Crippen molar-refractivity contribution in [2.24, 2.45) is 0 Å². The maximum absolute atomic E-state index is 13.8. The third-order valence-electron chi connectivity index (χ3n) is 3.59. The lowest BCUT2D eigenvalue weighted by Gasteiger charge is -2.16. The third kappa shape index (κ3) is 3.15. The molecule has 0 spiro atoms. The van der Waals surface area contributed by atoms with Crippen molar-refractivity contribution in [1.82, 2.24) is 19.9 Å². The molecule has 0 aliphatic heterocycles. The Kier molecular flexibility index (Phi) is 4.33. The third-order valence-corrected chi connectivity index (χ3v) is 3.59. The summed E-state index contributed by atoms with van der Waals surface area (Å²) in [5.74, 6) is -0.224. The summed E-state index contributed by atoms with van der Waals surface area (Å²) in [5.41, 5.74) is 1.18. The number of pyridine rings is 1. The molecule has 0 saturated heterocycles. The predicted molar refractivity (Wildman–Crippen MR) is 89.1 cm³/mol. The van der Waals surface area contributed by atoms with Crippen molar-refractivity contribution in [3.05, 3.63) is 59.8 Å². The number of para-hydroxylation sites is 1. The lowest BCUT2D eigenvalue weighted by Crippen LogP contribution is -2.27. The number of nitrogens with one attached hydrogen (secondary N) is 1. The molecular weight excluding hydrogens is 309 g/mol. The van der Waals surface area contributed by atoms with E-state index < -0.39 is 5.82 Å². The molecule has 24 heavy (non-hydrogen) atoms. The molecule has 7 heteroatoms. The first kappa shape index (κ1) is 15.8. The van der Waals surface area contributed by atoms with Crippen LogP contribution in [0.2, 0.25) is 0 Å². The highest BCUT2D eigenvalue weighted by atomic mass is 19.1. The minimum absolute atomic E-state index is 0.193. The number of benzene rings is 1. The fourth-order valence-corrected chi connectivity index (χ4v) is 2.34. The van der Waals surface area contributed by atoms with E-state index in [1.54, 1.807) is 50.8 Å². The first-order valence-corrected chi connectivity index (χ1v) is 7.38. The number of carbonyl (C=O) groups is 1. The average Bonchev–Trinajstić information content (AvgIpc) is 2.62. The summed E-state index contributed by atoms with van der Waals surface area (Å²) in [6.45, 7) is 0.333. The summed E-state index contributed by atoms with van der Waals surface area (Å²) >= 11 is 0. The predicted octanol–water partition coefficient (Wildman–Crippen LogP) is 2.48. The normalized spacial score (nSPS) is 10.6. The molecule has 1 N–H and O–H groups in total. The highest BCUT2D eigenvalue weighted by Crippen LogP contribution is 2.17. The van der Waals surface area contributed by atoms with Crippen LogP contribution in [-0.4, -0.2) is 39.9 Å².